The van der Waals surface area contributed by atoms with Gasteiger partial charge in [0.05, 0.1) is 5.56 Å². The van der Waals surface area contributed by atoms with Crippen LogP contribution in [0, 0.1) is 5.92 Å². The molecule has 1 aromatic carbocycles. The van der Waals surface area contributed by atoms with Crippen molar-refractivity contribution in [3.63, 3.8) is 0 Å². The van der Waals surface area contributed by atoms with Crippen molar-refractivity contribution in [1.82, 2.24) is 10.2 Å². The quantitative estimate of drug-likeness (QED) is 0.891. The molecule has 4 aliphatic heterocycles. The van der Waals surface area contributed by atoms with Gasteiger partial charge in [0, 0.05) is 29.1 Å². The standard InChI is InChI=1S/C18H21ClN2O3/c1-10-13-6-12(19)7-14(17(13)24-9-16(10)22)18(23)20-15-8-21-4-2-11(15)3-5-21/h6-7,10-11,15H,2-5,8-9H2,1H3,(H,20,23)/i1-1. The lowest BCUT2D eigenvalue weighted by Crippen LogP contribution is -2.57. The zero-order valence-electron chi connectivity index (χ0n) is 13.7. The number of benzene rings is 1. The fraction of sp³-hybridized carbons (Fsp3) is 0.556. The first kappa shape index (κ1) is 15.9. The number of hydrogen-bond acceptors (Lipinski definition) is 4. The summed E-state index contributed by atoms with van der Waals surface area (Å²) in [6.45, 7) is 5.01. The normalized spacial score (nSPS) is 31.3. The Morgan fingerprint density at radius 1 is 1.33 bits per heavy atom. The van der Waals surface area contributed by atoms with Crippen LogP contribution in [0.1, 0.15) is 41.6 Å². The van der Waals surface area contributed by atoms with Gasteiger partial charge in [-0.25, -0.2) is 0 Å². The molecule has 2 bridgehead atoms. The Morgan fingerprint density at radius 2 is 2.08 bits per heavy atom. The van der Waals surface area contributed by atoms with Crippen LogP contribution >= 0.6 is 11.6 Å². The van der Waals surface area contributed by atoms with E-state index in [1.54, 1.807) is 12.1 Å². The molecule has 5 nitrogen and oxygen atoms in total. The van der Waals surface area contributed by atoms with E-state index in [-0.39, 0.29) is 30.3 Å². The number of hydrogen-bond donors (Lipinski definition) is 1. The van der Waals surface area contributed by atoms with Gasteiger partial charge in [0.25, 0.3) is 5.91 Å². The summed E-state index contributed by atoms with van der Waals surface area (Å²) in [5, 5.41) is 3.62. The van der Waals surface area contributed by atoms with Gasteiger partial charge in [-0.15, -0.1) is 0 Å². The smallest absolute Gasteiger partial charge is 0.255 e. The fourth-order valence-electron chi connectivity index (χ4n) is 4.08. The number of carbonyl (C=O) groups excluding carboxylic acids is 2. The van der Waals surface area contributed by atoms with Gasteiger partial charge in [-0.05, 0) is 44.0 Å². The topological polar surface area (TPSA) is 58.6 Å². The number of nitrogens with one attached hydrogen (secondary N) is 1. The molecule has 1 N–H and O–H groups in total. The van der Waals surface area contributed by atoms with Crippen LogP contribution in [0.2, 0.25) is 5.02 Å². The van der Waals surface area contributed by atoms with E-state index in [1.165, 1.54) is 0 Å². The maximum atomic E-state index is 12.8. The van der Waals surface area contributed by atoms with Crippen molar-refractivity contribution in [2.24, 2.45) is 5.92 Å². The second-order valence-electron chi connectivity index (χ2n) is 7.07. The summed E-state index contributed by atoms with van der Waals surface area (Å²) < 4.78 is 5.59. The maximum absolute atomic E-state index is 12.8. The number of rotatable bonds is 2. The minimum atomic E-state index is -0.296. The predicted octanol–water partition coefficient (Wildman–Crippen LogP) is 2.23. The number of ether oxygens (including phenoxy) is 1. The zero-order valence-corrected chi connectivity index (χ0v) is 14.4. The third-order valence-corrected chi connectivity index (χ3v) is 5.83. The molecule has 4 aliphatic rings. The number of carbonyl (C=O) groups is 2. The first-order chi connectivity index (χ1) is 11.5. The molecule has 2 atom stereocenters. The first-order valence-electron chi connectivity index (χ1n) is 8.55. The third kappa shape index (κ3) is 2.70. The van der Waals surface area contributed by atoms with Crippen molar-refractivity contribution in [1.29, 1.82) is 0 Å². The average Bonchev–Trinajstić information content (AvgIpc) is 2.59. The van der Waals surface area contributed by atoms with Crippen LogP contribution < -0.4 is 10.1 Å². The Balaban J connectivity index is 1.61. The van der Waals surface area contributed by atoms with Crippen molar-refractivity contribution in [2.45, 2.75) is 31.7 Å². The highest BCUT2D eigenvalue weighted by Gasteiger charge is 2.36. The molecule has 5 rings (SSSR count). The number of halogens is 1. The van der Waals surface area contributed by atoms with Gasteiger partial charge in [-0.2, -0.15) is 0 Å². The summed E-state index contributed by atoms with van der Waals surface area (Å²) in [7, 11) is 0. The minimum Gasteiger partial charge on any atom is -0.485 e. The number of fused-ring (bicyclic) bond motifs is 4. The van der Waals surface area contributed by atoms with Crippen molar-refractivity contribution in [3.05, 3.63) is 28.3 Å². The molecular formula is C18H21ClN2O3. The molecule has 128 valence electrons. The second-order valence-corrected chi connectivity index (χ2v) is 7.50. The Morgan fingerprint density at radius 3 is 2.75 bits per heavy atom. The number of amides is 1. The lowest BCUT2D eigenvalue weighted by atomic mass is 9.80. The minimum absolute atomic E-state index is 0.00788. The van der Waals surface area contributed by atoms with E-state index < -0.39 is 0 Å². The molecule has 1 amide bonds. The maximum Gasteiger partial charge on any atom is 0.255 e. The van der Waals surface area contributed by atoms with Crippen LogP contribution in [0.15, 0.2) is 12.1 Å². The molecular weight excluding hydrogens is 327 g/mol. The number of Topliss-reactive ketones (excluding diaryl/α,β-unsaturated/α-hetero) is 1. The summed E-state index contributed by atoms with van der Waals surface area (Å²) in [5.41, 5.74) is 1.14. The van der Waals surface area contributed by atoms with Crippen LogP contribution in [0.25, 0.3) is 0 Å². The van der Waals surface area contributed by atoms with E-state index >= 15 is 0 Å². The molecule has 0 radical (unpaired) electrons. The van der Waals surface area contributed by atoms with Gasteiger partial charge in [0.1, 0.15) is 12.4 Å². The van der Waals surface area contributed by atoms with Crippen molar-refractivity contribution in [3.8, 4) is 5.75 Å². The average molecular weight is 348 g/mol. The van der Waals surface area contributed by atoms with E-state index in [4.69, 9.17) is 16.3 Å². The summed E-state index contributed by atoms with van der Waals surface area (Å²) in [5.74, 6) is 0.610. The predicted molar refractivity (Wildman–Crippen MR) is 90.8 cm³/mol. The molecule has 1 aromatic rings. The van der Waals surface area contributed by atoms with Gasteiger partial charge in [-0.1, -0.05) is 18.5 Å². The summed E-state index contributed by atoms with van der Waals surface area (Å²) in [6, 6.07) is 3.54. The molecule has 2 unspecified atom stereocenters. The van der Waals surface area contributed by atoms with Crippen LogP contribution in [0.4, 0.5) is 0 Å². The van der Waals surface area contributed by atoms with E-state index in [2.05, 4.69) is 10.2 Å². The molecule has 6 heteroatoms. The summed E-state index contributed by atoms with van der Waals surface area (Å²) >= 11 is 6.19. The zero-order chi connectivity index (χ0) is 16.8. The molecule has 3 saturated heterocycles. The van der Waals surface area contributed by atoms with E-state index in [1.807, 2.05) is 6.92 Å². The molecule has 0 saturated carbocycles. The van der Waals surface area contributed by atoms with Crippen LogP contribution in [0.5, 0.6) is 5.75 Å². The number of piperidine rings is 3. The van der Waals surface area contributed by atoms with Crippen molar-refractivity contribution < 1.29 is 14.3 Å². The Labute approximate surface area is 146 Å². The fourth-order valence-corrected chi connectivity index (χ4v) is 4.31. The van der Waals surface area contributed by atoms with Gasteiger partial charge in [0.2, 0.25) is 0 Å². The molecule has 24 heavy (non-hydrogen) atoms. The van der Waals surface area contributed by atoms with Gasteiger partial charge in [-0.3, -0.25) is 9.59 Å². The van der Waals surface area contributed by atoms with Crippen LogP contribution in [-0.4, -0.2) is 48.9 Å². The molecule has 3 fully saturated rings. The Kier molecular flexibility index (Phi) is 4.01. The van der Waals surface area contributed by atoms with Crippen LogP contribution in [-0.2, 0) is 4.79 Å². The highest BCUT2D eigenvalue weighted by atomic mass is 35.5. The molecule has 0 spiro atoms. The monoisotopic (exact) mass is 347 g/mol. The highest BCUT2D eigenvalue weighted by molar-refractivity contribution is 6.31. The second kappa shape index (κ2) is 6.05. The van der Waals surface area contributed by atoms with Gasteiger partial charge in [0.15, 0.2) is 5.78 Å². The van der Waals surface area contributed by atoms with Gasteiger partial charge < -0.3 is 15.0 Å². The van der Waals surface area contributed by atoms with E-state index in [0.717, 1.165) is 32.5 Å². The lowest BCUT2D eigenvalue weighted by Gasteiger charge is -2.45. The van der Waals surface area contributed by atoms with Gasteiger partial charge >= 0.3 is 0 Å². The Bertz CT molecular complexity index is 698. The summed E-state index contributed by atoms with van der Waals surface area (Å²) in [4.78, 5) is 27.1. The number of ketones is 1. The molecule has 4 heterocycles. The third-order valence-electron chi connectivity index (χ3n) is 5.61. The van der Waals surface area contributed by atoms with Crippen molar-refractivity contribution >= 4 is 23.3 Å². The van der Waals surface area contributed by atoms with E-state index in [0.29, 0.717) is 27.8 Å². The highest BCUT2D eigenvalue weighted by Crippen LogP contribution is 2.37. The number of nitrogens with zero attached hydrogens (tertiary/aromatic N) is 1. The lowest BCUT2D eigenvalue weighted by molar-refractivity contribution is -0.123. The largest absolute Gasteiger partial charge is 0.485 e. The summed E-state index contributed by atoms with van der Waals surface area (Å²) in [6.07, 6.45) is 2.28. The Hall–Kier alpha value is -1.59. The van der Waals surface area contributed by atoms with E-state index in [9.17, 15) is 9.59 Å². The SMILES string of the molecule is [11CH3]C1C(=O)COc2c(C(=O)NC3CN4CCC3CC4)cc(Cl)cc21. The van der Waals surface area contributed by atoms with Crippen LogP contribution in [0.3, 0.4) is 0 Å². The molecule has 0 aromatic heterocycles. The van der Waals surface area contributed by atoms with Crippen molar-refractivity contribution in [2.75, 3.05) is 26.2 Å². The first-order valence-corrected chi connectivity index (χ1v) is 8.93. The molecule has 0 aliphatic carbocycles.